The number of benzene rings is 2. The summed E-state index contributed by atoms with van der Waals surface area (Å²) in [5.41, 5.74) is 0.756. The molecule has 2 rings (SSSR count). The molecule has 0 saturated heterocycles. The fraction of sp³-hybridized carbons (Fsp3) is 0.278. The molecule has 148 valence electrons. The molecular weight excluding hydrogens is 482 g/mol. The molecule has 0 fully saturated rings. The van der Waals surface area contributed by atoms with Gasteiger partial charge in [-0.15, -0.1) is 24.0 Å². The highest BCUT2D eigenvalue weighted by Gasteiger charge is 2.12. The van der Waals surface area contributed by atoms with E-state index in [9.17, 15) is 12.8 Å². The molecule has 9 heteroatoms. The molecule has 0 atom stereocenters. The molecule has 0 aliphatic rings. The van der Waals surface area contributed by atoms with Gasteiger partial charge < -0.3 is 10.6 Å². The van der Waals surface area contributed by atoms with Crippen molar-refractivity contribution in [3.8, 4) is 0 Å². The Morgan fingerprint density at radius 2 is 1.78 bits per heavy atom. The van der Waals surface area contributed by atoms with Crippen LogP contribution in [-0.4, -0.2) is 34.0 Å². The summed E-state index contributed by atoms with van der Waals surface area (Å²) in [5, 5.41) is 6.11. The SMILES string of the molecule is CCNC(=NCc1cccc(F)c1)NCCNS(=O)(=O)c1ccccc1.I. The number of sulfonamides is 1. The Labute approximate surface area is 176 Å². The molecule has 3 N–H and O–H groups in total. The van der Waals surface area contributed by atoms with Crippen molar-refractivity contribution in [3.63, 3.8) is 0 Å². The summed E-state index contributed by atoms with van der Waals surface area (Å²) in [5.74, 6) is 0.238. The first kappa shape index (κ1) is 23.3. The molecule has 0 aliphatic heterocycles. The zero-order chi connectivity index (χ0) is 18.8. The number of nitrogens with one attached hydrogen (secondary N) is 3. The minimum atomic E-state index is -3.52. The van der Waals surface area contributed by atoms with Crippen molar-refractivity contribution in [2.45, 2.75) is 18.4 Å². The molecule has 27 heavy (non-hydrogen) atoms. The maximum atomic E-state index is 13.2. The topological polar surface area (TPSA) is 82.6 Å². The van der Waals surface area contributed by atoms with E-state index in [-0.39, 0.29) is 41.2 Å². The zero-order valence-electron chi connectivity index (χ0n) is 15.0. The summed E-state index contributed by atoms with van der Waals surface area (Å²) >= 11 is 0. The molecule has 0 bridgehead atoms. The number of rotatable bonds is 8. The predicted molar refractivity (Wildman–Crippen MR) is 116 cm³/mol. The first-order chi connectivity index (χ1) is 12.5. The van der Waals surface area contributed by atoms with Crippen molar-refractivity contribution >= 4 is 40.0 Å². The van der Waals surface area contributed by atoms with Gasteiger partial charge >= 0.3 is 0 Å². The monoisotopic (exact) mass is 506 g/mol. The summed E-state index contributed by atoms with van der Waals surface area (Å²) in [6.07, 6.45) is 0. The predicted octanol–water partition coefficient (Wildman–Crippen LogP) is 2.48. The van der Waals surface area contributed by atoms with Gasteiger partial charge in [0.25, 0.3) is 0 Å². The van der Waals surface area contributed by atoms with Crippen LogP contribution in [0.5, 0.6) is 0 Å². The Morgan fingerprint density at radius 1 is 1.04 bits per heavy atom. The largest absolute Gasteiger partial charge is 0.357 e. The zero-order valence-corrected chi connectivity index (χ0v) is 18.1. The van der Waals surface area contributed by atoms with Crippen molar-refractivity contribution in [3.05, 3.63) is 66.0 Å². The average molecular weight is 506 g/mol. The molecule has 0 heterocycles. The van der Waals surface area contributed by atoms with Gasteiger partial charge in [-0.25, -0.2) is 22.5 Å². The number of halogens is 2. The van der Waals surface area contributed by atoms with Gasteiger partial charge in [0.15, 0.2) is 5.96 Å². The minimum Gasteiger partial charge on any atom is -0.357 e. The van der Waals surface area contributed by atoms with Crippen molar-refractivity contribution < 1.29 is 12.8 Å². The van der Waals surface area contributed by atoms with E-state index in [1.165, 1.54) is 12.1 Å². The van der Waals surface area contributed by atoms with Crippen LogP contribution in [0.4, 0.5) is 4.39 Å². The molecule has 0 amide bonds. The lowest BCUT2D eigenvalue weighted by molar-refractivity contribution is 0.580. The third-order valence-corrected chi connectivity index (χ3v) is 4.89. The van der Waals surface area contributed by atoms with Crippen LogP contribution in [0.2, 0.25) is 0 Å². The number of nitrogens with zero attached hydrogens (tertiary/aromatic N) is 1. The standard InChI is InChI=1S/C18H23FN4O2S.HI/c1-2-20-18(22-14-15-7-6-8-16(19)13-15)21-11-12-23-26(24,25)17-9-4-3-5-10-17;/h3-10,13,23H,2,11-12,14H2,1H3,(H2,20,21,22);1H. The molecule has 0 aromatic heterocycles. The molecule has 0 spiro atoms. The Hall–Kier alpha value is -1.72. The molecule has 0 unspecified atom stereocenters. The molecular formula is C18H24FIN4O2S. The van der Waals surface area contributed by atoms with E-state index in [1.807, 2.05) is 6.92 Å². The van der Waals surface area contributed by atoms with Crippen molar-refractivity contribution in [2.24, 2.45) is 4.99 Å². The van der Waals surface area contributed by atoms with E-state index in [0.717, 1.165) is 5.56 Å². The molecule has 0 saturated carbocycles. The van der Waals surface area contributed by atoms with Gasteiger partial charge in [0, 0.05) is 19.6 Å². The second kappa shape index (κ2) is 11.9. The average Bonchev–Trinajstić information content (AvgIpc) is 2.64. The minimum absolute atomic E-state index is 0. The fourth-order valence-electron chi connectivity index (χ4n) is 2.20. The molecule has 2 aromatic carbocycles. The van der Waals surface area contributed by atoms with Crippen LogP contribution >= 0.6 is 24.0 Å². The third kappa shape index (κ3) is 8.22. The van der Waals surface area contributed by atoms with Crippen LogP contribution in [0.25, 0.3) is 0 Å². The van der Waals surface area contributed by atoms with Crippen molar-refractivity contribution in [1.29, 1.82) is 0 Å². The Balaban J connectivity index is 0.00000364. The summed E-state index contributed by atoms with van der Waals surface area (Å²) in [7, 11) is -3.52. The lowest BCUT2D eigenvalue weighted by atomic mass is 10.2. The third-order valence-electron chi connectivity index (χ3n) is 3.42. The fourth-order valence-corrected chi connectivity index (χ4v) is 3.25. The van der Waals surface area contributed by atoms with Crippen LogP contribution in [-0.2, 0) is 16.6 Å². The molecule has 0 radical (unpaired) electrons. The van der Waals surface area contributed by atoms with Gasteiger partial charge in [0.1, 0.15) is 5.82 Å². The van der Waals surface area contributed by atoms with Crippen molar-refractivity contribution in [2.75, 3.05) is 19.6 Å². The Bertz CT molecular complexity index is 832. The number of aliphatic imine (C=N–C) groups is 1. The quantitative estimate of drug-likeness (QED) is 0.223. The number of guanidine groups is 1. The highest BCUT2D eigenvalue weighted by molar-refractivity contribution is 14.0. The first-order valence-electron chi connectivity index (χ1n) is 8.32. The van der Waals surface area contributed by atoms with E-state index in [2.05, 4.69) is 20.3 Å². The van der Waals surface area contributed by atoms with Crippen LogP contribution in [0, 0.1) is 5.82 Å². The van der Waals surface area contributed by atoms with Crippen molar-refractivity contribution in [1.82, 2.24) is 15.4 Å². The Morgan fingerprint density at radius 3 is 2.44 bits per heavy atom. The highest BCUT2D eigenvalue weighted by atomic mass is 127. The summed E-state index contributed by atoms with van der Waals surface area (Å²) in [6, 6.07) is 14.4. The van der Waals surface area contributed by atoms with E-state index >= 15 is 0 Å². The van der Waals surface area contributed by atoms with Gasteiger partial charge in [0.05, 0.1) is 11.4 Å². The summed E-state index contributed by atoms with van der Waals surface area (Å²) in [6.45, 7) is 3.48. The molecule has 2 aromatic rings. The van der Waals surface area contributed by atoms with Crippen LogP contribution in [0.1, 0.15) is 12.5 Å². The van der Waals surface area contributed by atoms with Gasteiger partial charge in [0.2, 0.25) is 10.0 Å². The Kier molecular flexibility index (Phi) is 10.3. The second-order valence-electron chi connectivity index (χ2n) is 5.46. The lowest BCUT2D eigenvalue weighted by Gasteiger charge is -2.12. The van der Waals surface area contributed by atoms with Crippen LogP contribution in [0.15, 0.2) is 64.5 Å². The van der Waals surface area contributed by atoms with Gasteiger partial charge in [-0.05, 0) is 36.8 Å². The van der Waals surface area contributed by atoms with Gasteiger partial charge in [-0.1, -0.05) is 30.3 Å². The van der Waals surface area contributed by atoms with E-state index in [1.54, 1.807) is 42.5 Å². The molecule has 0 aliphatic carbocycles. The maximum Gasteiger partial charge on any atom is 0.240 e. The van der Waals surface area contributed by atoms with E-state index in [0.29, 0.717) is 25.6 Å². The van der Waals surface area contributed by atoms with Crippen LogP contribution in [0.3, 0.4) is 0 Å². The summed E-state index contributed by atoms with van der Waals surface area (Å²) < 4.78 is 40.0. The smallest absolute Gasteiger partial charge is 0.240 e. The number of hydrogen-bond donors (Lipinski definition) is 3. The summed E-state index contributed by atoms with van der Waals surface area (Å²) in [4.78, 5) is 4.60. The second-order valence-corrected chi connectivity index (χ2v) is 7.23. The number of hydrogen-bond acceptors (Lipinski definition) is 3. The van der Waals surface area contributed by atoms with Gasteiger partial charge in [-0.2, -0.15) is 0 Å². The van der Waals surface area contributed by atoms with E-state index in [4.69, 9.17) is 0 Å². The first-order valence-corrected chi connectivity index (χ1v) is 9.81. The van der Waals surface area contributed by atoms with Crippen LogP contribution < -0.4 is 15.4 Å². The lowest BCUT2D eigenvalue weighted by Crippen LogP contribution is -2.41. The normalized spacial score (nSPS) is 11.6. The highest BCUT2D eigenvalue weighted by Crippen LogP contribution is 2.06. The molecule has 6 nitrogen and oxygen atoms in total. The van der Waals surface area contributed by atoms with Gasteiger partial charge in [-0.3, -0.25) is 0 Å². The van der Waals surface area contributed by atoms with E-state index < -0.39 is 10.0 Å². The maximum absolute atomic E-state index is 13.2.